The second-order valence-electron chi connectivity index (χ2n) is 9.26. The minimum atomic E-state index is -1.17. The zero-order valence-corrected chi connectivity index (χ0v) is 16.3. The monoisotopic (exact) mass is 375 g/mol. The van der Waals surface area contributed by atoms with Gasteiger partial charge in [-0.05, 0) is 66.9 Å². The van der Waals surface area contributed by atoms with Gasteiger partial charge in [-0.15, -0.1) is 0 Å². The van der Waals surface area contributed by atoms with E-state index in [0.717, 1.165) is 48.6 Å². The molecule has 6 rings (SSSR count). The Labute approximate surface area is 167 Å². The van der Waals surface area contributed by atoms with Crippen molar-refractivity contribution in [3.05, 3.63) is 71.8 Å². The largest absolute Gasteiger partial charge is 0.379 e. The molecule has 0 atom stereocenters. The van der Waals surface area contributed by atoms with Gasteiger partial charge in [-0.25, -0.2) is 0 Å². The molecule has 4 bridgehead atoms. The molecular formula is C25H29NO2. The summed E-state index contributed by atoms with van der Waals surface area (Å²) in [5, 5.41) is 11.8. The molecule has 0 unspecified atom stereocenters. The molecule has 1 N–H and O–H groups in total. The Bertz CT molecular complexity index is 763. The first-order valence-electron chi connectivity index (χ1n) is 10.7. The van der Waals surface area contributed by atoms with Crippen molar-refractivity contribution in [3.8, 4) is 0 Å². The summed E-state index contributed by atoms with van der Waals surface area (Å²) in [6, 6.07) is 20.3. The van der Waals surface area contributed by atoms with Gasteiger partial charge in [0.1, 0.15) is 5.60 Å². The van der Waals surface area contributed by atoms with Gasteiger partial charge in [0.25, 0.3) is 5.91 Å². The molecule has 146 valence electrons. The van der Waals surface area contributed by atoms with E-state index in [1.807, 2.05) is 41.3 Å². The number of carbonyl (C=O) groups is 1. The molecule has 0 aliphatic heterocycles. The van der Waals surface area contributed by atoms with Crippen LogP contribution in [0.3, 0.4) is 0 Å². The second kappa shape index (κ2) is 7.04. The van der Waals surface area contributed by atoms with E-state index in [9.17, 15) is 9.90 Å². The van der Waals surface area contributed by atoms with Crippen molar-refractivity contribution in [1.82, 2.24) is 4.90 Å². The molecule has 2 aromatic rings. The van der Waals surface area contributed by atoms with Crippen molar-refractivity contribution >= 4 is 5.91 Å². The average Bonchev–Trinajstić information content (AvgIpc) is 2.72. The molecule has 2 aromatic carbocycles. The van der Waals surface area contributed by atoms with E-state index < -0.39 is 5.60 Å². The maximum Gasteiger partial charge on any atom is 0.255 e. The van der Waals surface area contributed by atoms with Gasteiger partial charge >= 0.3 is 0 Å². The lowest BCUT2D eigenvalue weighted by molar-refractivity contribution is -0.198. The molecule has 3 heteroatoms. The zero-order valence-electron chi connectivity index (χ0n) is 16.3. The molecule has 4 fully saturated rings. The Morgan fingerprint density at radius 1 is 0.786 bits per heavy atom. The average molecular weight is 376 g/mol. The first-order valence-corrected chi connectivity index (χ1v) is 10.7. The zero-order chi connectivity index (χ0) is 19.1. The van der Waals surface area contributed by atoms with E-state index in [1.165, 1.54) is 6.42 Å². The fraction of sp³-hybridized carbons (Fsp3) is 0.480. The van der Waals surface area contributed by atoms with Gasteiger partial charge in [0.15, 0.2) is 0 Å². The van der Waals surface area contributed by atoms with E-state index in [1.54, 1.807) is 0 Å². The van der Waals surface area contributed by atoms with Crippen LogP contribution in [0.2, 0.25) is 0 Å². The van der Waals surface area contributed by atoms with Crippen LogP contribution >= 0.6 is 0 Å². The summed E-state index contributed by atoms with van der Waals surface area (Å²) in [6.45, 7) is 1.09. The predicted octanol–water partition coefficient (Wildman–Crippen LogP) is 4.40. The number of aliphatic hydroxyl groups is 1. The van der Waals surface area contributed by atoms with E-state index in [0.29, 0.717) is 13.1 Å². The van der Waals surface area contributed by atoms with Crippen molar-refractivity contribution < 1.29 is 9.90 Å². The van der Waals surface area contributed by atoms with E-state index in [4.69, 9.17) is 0 Å². The smallest absolute Gasteiger partial charge is 0.255 e. The summed E-state index contributed by atoms with van der Waals surface area (Å²) in [7, 11) is 0. The van der Waals surface area contributed by atoms with Crippen LogP contribution in [-0.4, -0.2) is 21.5 Å². The third-order valence-electron chi connectivity index (χ3n) is 7.45. The summed E-state index contributed by atoms with van der Waals surface area (Å²) >= 11 is 0. The Kier molecular flexibility index (Phi) is 4.51. The lowest BCUT2D eigenvalue weighted by Crippen LogP contribution is -2.64. The van der Waals surface area contributed by atoms with Crippen molar-refractivity contribution in [1.29, 1.82) is 0 Å². The molecule has 0 heterocycles. The standard InChI is InChI=1S/C25H29NO2/c27-24(25(28)22-12-20-11-21(14-22)15-23(25)13-20)26(16-18-7-3-1-4-8-18)17-19-9-5-2-6-10-19/h1-10,20-23,28H,11-17H2. The van der Waals surface area contributed by atoms with Crippen LogP contribution in [0.4, 0.5) is 0 Å². The number of hydrogen-bond acceptors (Lipinski definition) is 2. The molecule has 0 radical (unpaired) electrons. The lowest BCUT2D eigenvalue weighted by Gasteiger charge is -2.58. The summed E-state index contributed by atoms with van der Waals surface area (Å²) in [5.41, 5.74) is 1.05. The van der Waals surface area contributed by atoms with Gasteiger partial charge in [-0.3, -0.25) is 4.79 Å². The van der Waals surface area contributed by atoms with Crippen molar-refractivity contribution in [3.63, 3.8) is 0 Å². The van der Waals surface area contributed by atoms with Crippen molar-refractivity contribution in [2.45, 2.75) is 50.8 Å². The second-order valence-corrected chi connectivity index (χ2v) is 9.26. The SMILES string of the molecule is O=C(N(Cc1ccccc1)Cc1ccccc1)C1(O)C2CC3CC(C2)CC1C3. The molecule has 0 spiro atoms. The van der Waals surface area contributed by atoms with E-state index in [2.05, 4.69) is 24.3 Å². The number of rotatable bonds is 5. The van der Waals surface area contributed by atoms with Crippen LogP contribution < -0.4 is 0 Å². The third-order valence-corrected chi connectivity index (χ3v) is 7.45. The highest BCUT2D eigenvalue weighted by Crippen LogP contribution is 2.58. The molecule has 0 saturated heterocycles. The Hall–Kier alpha value is -2.13. The van der Waals surface area contributed by atoms with Gasteiger partial charge in [0, 0.05) is 13.1 Å². The first-order chi connectivity index (χ1) is 13.6. The van der Waals surface area contributed by atoms with Gasteiger partial charge < -0.3 is 10.0 Å². The summed E-state index contributed by atoms with van der Waals surface area (Å²) < 4.78 is 0. The number of carbonyl (C=O) groups excluding carboxylic acids is 1. The van der Waals surface area contributed by atoms with Crippen LogP contribution in [0.15, 0.2) is 60.7 Å². The third kappa shape index (κ3) is 3.06. The predicted molar refractivity (Wildman–Crippen MR) is 109 cm³/mol. The van der Waals surface area contributed by atoms with Gasteiger partial charge in [0.2, 0.25) is 0 Å². The molecule has 0 aromatic heterocycles. The fourth-order valence-corrected chi connectivity index (χ4v) is 6.31. The van der Waals surface area contributed by atoms with E-state index in [-0.39, 0.29) is 17.7 Å². The maximum absolute atomic E-state index is 13.8. The number of hydrogen-bond donors (Lipinski definition) is 1. The maximum atomic E-state index is 13.8. The van der Waals surface area contributed by atoms with Crippen LogP contribution in [0.25, 0.3) is 0 Å². The van der Waals surface area contributed by atoms with E-state index >= 15 is 0 Å². The van der Waals surface area contributed by atoms with Crippen LogP contribution in [0.5, 0.6) is 0 Å². The van der Waals surface area contributed by atoms with Crippen LogP contribution in [0.1, 0.15) is 43.2 Å². The number of nitrogens with zero attached hydrogens (tertiary/aromatic N) is 1. The Morgan fingerprint density at radius 3 is 1.64 bits per heavy atom. The first kappa shape index (κ1) is 17.9. The number of benzene rings is 2. The summed E-state index contributed by atoms with van der Waals surface area (Å²) in [6.07, 6.45) is 5.42. The molecule has 4 saturated carbocycles. The van der Waals surface area contributed by atoms with Crippen LogP contribution in [-0.2, 0) is 17.9 Å². The summed E-state index contributed by atoms with van der Waals surface area (Å²) in [5.74, 6) is 1.70. The Morgan fingerprint density at radius 2 is 1.21 bits per heavy atom. The molecular weight excluding hydrogens is 346 g/mol. The molecule has 3 nitrogen and oxygen atoms in total. The van der Waals surface area contributed by atoms with Gasteiger partial charge in [-0.1, -0.05) is 60.7 Å². The molecule has 4 aliphatic carbocycles. The summed E-state index contributed by atoms with van der Waals surface area (Å²) in [4.78, 5) is 15.7. The van der Waals surface area contributed by atoms with Crippen LogP contribution in [0, 0.1) is 23.7 Å². The van der Waals surface area contributed by atoms with Gasteiger partial charge in [-0.2, -0.15) is 0 Å². The quantitative estimate of drug-likeness (QED) is 0.841. The number of amides is 1. The highest BCUT2D eigenvalue weighted by molar-refractivity contribution is 5.86. The normalized spacial score (nSPS) is 33.0. The Balaban J connectivity index is 1.45. The molecule has 4 aliphatic rings. The lowest BCUT2D eigenvalue weighted by atomic mass is 9.49. The highest BCUT2D eigenvalue weighted by atomic mass is 16.3. The highest BCUT2D eigenvalue weighted by Gasteiger charge is 2.61. The topological polar surface area (TPSA) is 40.5 Å². The molecule has 1 amide bonds. The minimum absolute atomic E-state index is 0.0472. The molecule has 28 heavy (non-hydrogen) atoms. The van der Waals surface area contributed by atoms with Crippen molar-refractivity contribution in [2.75, 3.05) is 0 Å². The van der Waals surface area contributed by atoms with Gasteiger partial charge in [0.05, 0.1) is 0 Å². The van der Waals surface area contributed by atoms with Crippen molar-refractivity contribution in [2.24, 2.45) is 23.7 Å². The minimum Gasteiger partial charge on any atom is -0.379 e. The fourth-order valence-electron chi connectivity index (χ4n) is 6.31.